The van der Waals surface area contributed by atoms with E-state index in [9.17, 15) is 9.59 Å². The number of benzene rings is 1. The van der Waals surface area contributed by atoms with Crippen molar-refractivity contribution in [2.75, 3.05) is 5.32 Å². The first-order chi connectivity index (χ1) is 9.58. The van der Waals surface area contributed by atoms with E-state index in [0.717, 1.165) is 5.56 Å². The zero-order valence-corrected chi connectivity index (χ0v) is 11.6. The van der Waals surface area contributed by atoms with Crippen molar-refractivity contribution in [3.63, 3.8) is 0 Å². The molecular weight excluding hydrogens is 276 g/mol. The number of urea groups is 1. The summed E-state index contributed by atoms with van der Waals surface area (Å²) in [5.41, 5.74) is 1.07. The first-order valence-corrected chi connectivity index (χ1v) is 6.89. The minimum Gasteiger partial charge on any atom is -0.478 e. The summed E-state index contributed by atoms with van der Waals surface area (Å²) in [6.45, 7) is 1.86. The summed E-state index contributed by atoms with van der Waals surface area (Å²) in [6, 6.07) is 10.4. The normalized spacial score (nSPS) is 11.7. The van der Waals surface area contributed by atoms with Gasteiger partial charge in [-0.2, -0.15) is 0 Å². The molecule has 0 saturated carbocycles. The van der Waals surface area contributed by atoms with Crippen LogP contribution in [-0.2, 0) is 0 Å². The van der Waals surface area contributed by atoms with Crippen LogP contribution in [0.3, 0.4) is 0 Å². The Labute approximate surface area is 120 Å². The smallest absolute Gasteiger partial charge is 0.338 e. The second kappa shape index (κ2) is 6.21. The van der Waals surface area contributed by atoms with Crippen molar-refractivity contribution in [1.82, 2.24) is 5.32 Å². The quantitative estimate of drug-likeness (QED) is 0.808. The van der Waals surface area contributed by atoms with Crippen LogP contribution in [0.1, 0.15) is 28.9 Å². The van der Waals surface area contributed by atoms with E-state index in [1.165, 1.54) is 17.4 Å². The number of carbonyl (C=O) groups is 2. The van der Waals surface area contributed by atoms with Gasteiger partial charge >= 0.3 is 12.0 Å². The SMILES string of the molecule is C[C@@H](NC(=O)Nc1sccc1C(=O)O)c1ccccc1. The van der Waals surface area contributed by atoms with Crippen LogP contribution in [-0.4, -0.2) is 17.1 Å². The molecule has 5 nitrogen and oxygen atoms in total. The molecule has 0 bridgehead atoms. The molecule has 3 N–H and O–H groups in total. The molecule has 20 heavy (non-hydrogen) atoms. The Morgan fingerprint density at radius 3 is 2.55 bits per heavy atom. The van der Waals surface area contributed by atoms with E-state index in [1.54, 1.807) is 5.38 Å². The lowest BCUT2D eigenvalue weighted by Gasteiger charge is -2.14. The van der Waals surface area contributed by atoms with E-state index in [2.05, 4.69) is 10.6 Å². The van der Waals surface area contributed by atoms with Crippen molar-refractivity contribution in [2.45, 2.75) is 13.0 Å². The van der Waals surface area contributed by atoms with Crippen LogP contribution in [0, 0.1) is 0 Å². The maximum absolute atomic E-state index is 11.9. The fourth-order valence-electron chi connectivity index (χ4n) is 1.74. The maximum atomic E-state index is 11.9. The van der Waals surface area contributed by atoms with Crippen molar-refractivity contribution in [2.24, 2.45) is 0 Å². The summed E-state index contributed by atoms with van der Waals surface area (Å²) < 4.78 is 0. The third-order valence-corrected chi connectivity index (χ3v) is 3.60. The molecule has 2 aromatic rings. The number of carbonyl (C=O) groups excluding carboxylic acids is 1. The van der Waals surface area contributed by atoms with Crippen molar-refractivity contribution in [1.29, 1.82) is 0 Å². The molecule has 0 fully saturated rings. The van der Waals surface area contributed by atoms with Gasteiger partial charge in [0.1, 0.15) is 5.00 Å². The lowest BCUT2D eigenvalue weighted by atomic mass is 10.1. The molecule has 6 heteroatoms. The Balaban J connectivity index is 1.99. The average Bonchev–Trinajstić information content (AvgIpc) is 2.87. The molecule has 1 heterocycles. The number of hydrogen-bond acceptors (Lipinski definition) is 3. The molecule has 104 valence electrons. The Bertz CT molecular complexity index is 610. The van der Waals surface area contributed by atoms with Gasteiger partial charge in [0, 0.05) is 0 Å². The molecule has 2 amide bonds. The number of aromatic carboxylic acids is 1. The Morgan fingerprint density at radius 1 is 1.20 bits per heavy atom. The highest BCUT2D eigenvalue weighted by atomic mass is 32.1. The summed E-state index contributed by atoms with van der Waals surface area (Å²) in [4.78, 5) is 22.8. The summed E-state index contributed by atoms with van der Waals surface area (Å²) in [5, 5.41) is 16.2. The van der Waals surface area contributed by atoms with Gasteiger partial charge < -0.3 is 10.4 Å². The van der Waals surface area contributed by atoms with Crippen molar-refractivity contribution in [3.05, 3.63) is 52.9 Å². The van der Waals surface area contributed by atoms with Gasteiger partial charge in [-0.25, -0.2) is 9.59 Å². The Kier molecular flexibility index (Phi) is 4.37. The van der Waals surface area contributed by atoms with Gasteiger partial charge in [-0.15, -0.1) is 11.3 Å². The van der Waals surface area contributed by atoms with Gasteiger partial charge in [-0.3, -0.25) is 5.32 Å². The van der Waals surface area contributed by atoms with Gasteiger partial charge in [-0.05, 0) is 23.9 Å². The summed E-state index contributed by atoms with van der Waals surface area (Å²) in [6.07, 6.45) is 0. The lowest BCUT2D eigenvalue weighted by Crippen LogP contribution is -2.31. The topological polar surface area (TPSA) is 78.4 Å². The predicted octanol–water partition coefficient (Wildman–Crippen LogP) is 3.33. The van der Waals surface area contributed by atoms with Gasteiger partial charge in [0.05, 0.1) is 11.6 Å². The molecular formula is C14H14N2O3S. The van der Waals surface area contributed by atoms with Crippen LogP contribution < -0.4 is 10.6 Å². The minimum atomic E-state index is -1.06. The molecule has 0 saturated heterocycles. The first-order valence-electron chi connectivity index (χ1n) is 6.01. The first kappa shape index (κ1) is 14.1. The Morgan fingerprint density at radius 2 is 1.90 bits per heavy atom. The number of anilines is 1. The van der Waals surface area contributed by atoms with Crippen LogP contribution in [0.15, 0.2) is 41.8 Å². The minimum absolute atomic E-state index is 0.0949. The predicted molar refractivity (Wildman–Crippen MR) is 78.3 cm³/mol. The summed E-state index contributed by atoms with van der Waals surface area (Å²) in [7, 11) is 0. The lowest BCUT2D eigenvalue weighted by molar-refractivity contribution is 0.0698. The van der Waals surface area contributed by atoms with Crippen LogP contribution >= 0.6 is 11.3 Å². The maximum Gasteiger partial charge on any atom is 0.338 e. The van der Waals surface area contributed by atoms with Crippen molar-refractivity contribution >= 4 is 28.3 Å². The van der Waals surface area contributed by atoms with Crippen LogP contribution in [0.2, 0.25) is 0 Å². The van der Waals surface area contributed by atoms with E-state index in [1.807, 2.05) is 37.3 Å². The second-order valence-electron chi connectivity index (χ2n) is 4.20. The molecule has 0 radical (unpaired) electrons. The fraction of sp³-hybridized carbons (Fsp3) is 0.143. The molecule has 1 aromatic carbocycles. The van der Waals surface area contributed by atoms with Gasteiger partial charge in [0.15, 0.2) is 0 Å². The molecule has 2 rings (SSSR count). The molecule has 1 atom stereocenters. The third kappa shape index (κ3) is 3.36. The van der Waals surface area contributed by atoms with Crippen LogP contribution in [0.25, 0.3) is 0 Å². The van der Waals surface area contributed by atoms with Gasteiger partial charge in [0.25, 0.3) is 0 Å². The second-order valence-corrected chi connectivity index (χ2v) is 5.12. The molecule has 0 unspecified atom stereocenters. The van der Waals surface area contributed by atoms with Crippen molar-refractivity contribution < 1.29 is 14.7 Å². The highest BCUT2D eigenvalue weighted by Crippen LogP contribution is 2.23. The van der Waals surface area contributed by atoms with Gasteiger partial charge in [0.2, 0.25) is 0 Å². The van der Waals surface area contributed by atoms with E-state index in [4.69, 9.17) is 5.11 Å². The van der Waals surface area contributed by atoms with E-state index >= 15 is 0 Å². The molecule has 0 aliphatic heterocycles. The van der Waals surface area contributed by atoms with E-state index < -0.39 is 12.0 Å². The average molecular weight is 290 g/mol. The highest BCUT2D eigenvalue weighted by Gasteiger charge is 2.15. The van der Waals surface area contributed by atoms with Gasteiger partial charge in [-0.1, -0.05) is 30.3 Å². The molecule has 0 aliphatic rings. The number of rotatable bonds is 4. The number of hydrogen-bond donors (Lipinski definition) is 3. The number of thiophene rings is 1. The summed E-state index contributed by atoms with van der Waals surface area (Å²) in [5.74, 6) is -1.06. The van der Waals surface area contributed by atoms with Crippen molar-refractivity contribution in [3.8, 4) is 0 Å². The van der Waals surface area contributed by atoms with Crippen LogP contribution in [0.4, 0.5) is 9.80 Å². The van der Waals surface area contributed by atoms with E-state index in [-0.39, 0.29) is 11.6 Å². The monoisotopic (exact) mass is 290 g/mol. The largest absolute Gasteiger partial charge is 0.478 e. The Hall–Kier alpha value is -2.34. The number of carboxylic acid groups (broad SMARTS) is 1. The molecule has 0 spiro atoms. The zero-order chi connectivity index (χ0) is 14.5. The molecule has 1 aromatic heterocycles. The number of carboxylic acids is 1. The third-order valence-electron chi connectivity index (χ3n) is 2.77. The van der Waals surface area contributed by atoms with Crippen LogP contribution in [0.5, 0.6) is 0 Å². The molecule has 0 aliphatic carbocycles. The zero-order valence-electron chi connectivity index (χ0n) is 10.8. The standard InChI is InChI=1S/C14H14N2O3S/c1-9(10-5-3-2-4-6-10)15-14(19)16-12-11(13(17)18)7-8-20-12/h2-9H,1H3,(H,17,18)(H2,15,16,19)/t9-/m1/s1. The van der Waals surface area contributed by atoms with E-state index in [0.29, 0.717) is 5.00 Å². The fourth-order valence-corrected chi connectivity index (χ4v) is 2.51. The number of amides is 2. The number of nitrogens with one attached hydrogen (secondary N) is 2. The highest BCUT2D eigenvalue weighted by molar-refractivity contribution is 7.14. The summed E-state index contributed by atoms with van der Waals surface area (Å²) >= 11 is 1.18.